The van der Waals surface area contributed by atoms with Gasteiger partial charge in [0.15, 0.2) is 0 Å². The van der Waals surface area contributed by atoms with Crippen LogP contribution in [0.4, 0.5) is 4.79 Å². The number of carbonyl (C=O) groups is 3. The van der Waals surface area contributed by atoms with Crippen LogP contribution in [0.25, 0.3) is 0 Å². The van der Waals surface area contributed by atoms with Crippen molar-refractivity contribution in [2.24, 2.45) is 0 Å². The zero-order valence-corrected chi connectivity index (χ0v) is 17.9. The Hall–Kier alpha value is -3.13. The summed E-state index contributed by atoms with van der Waals surface area (Å²) in [6.45, 7) is 5.54. The maximum absolute atomic E-state index is 13.0. The molecular weight excluding hydrogens is 396 g/mol. The molecule has 2 fully saturated rings. The van der Waals surface area contributed by atoms with Crippen LogP contribution in [0.3, 0.4) is 0 Å². The van der Waals surface area contributed by atoms with Gasteiger partial charge in [-0.2, -0.15) is 0 Å². The third-order valence-electron chi connectivity index (χ3n) is 6.15. The molecule has 31 heavy (non-hydrogen) atoms. The van der Waals surface area contributed by atoms with E-state index in [1.165, 1.54) is 0 Å². The number of nitrogens with zero attached hydrogens (tertiary/aromatic N) is 2. The van der Waals surface area contributed by atoms with E-state index in [1.54, 1.807) is 13.2 Å². The summed E-state index contributed by atoms with van der Waals surface area (Å²) in [5.41, 5.74) is 0.563. The fourth-order valence-electron chi connectivity index (χ4n) is 4.28. The Balaban J connectivity index is 1.40. The Bertz CT molecular complexity index is 950. The highest BCUT2D eigenvalue weighted by atomic mass is 16.3. The molecule has 8 heteroatoms. The number of benzene rings is 1. The number of hydrogen-bond acceptors (Lipinski definition) is 5. The number of rotatable bonds is 7. The van der Waals surface area contributed by atoms with Gasteiger partial charge >= 0.3 is 6.03 Å². The molecule has 1 aromatic carbocycles. The molecule has 8 nitrogen and oxygen atoms in total. The van der Waals surface area contributed by atoms with E-state index >= 15 is 0 Å². The van der Waals surface area contributed by atoms with E-state index in [2.05, 4.69) is 15.5 Å². The zero-order chi connectivity index (χ0) is 22.0. The third-order valence-corrected chi connectivity index (χ3v) is 6.15. The summed E-state index contributed by atoms with van der Waals surface area (Å²) in [7, 11) is 0. The highest BCUT2D eigenvalue weighted by molar-refractivity contribution is 6.09. The summed E-state index contributed by atoms with van der Waals surface area (Å²) < 4.78 is 5.57. The van der Waals surface area contributed by atoms with Gasteiger partial charge in [0.1, 0.15) is 17.8 Å². The van der Waals surface area contributed by atoms with Crippen molar-refractivity contribution in [2.45, 2.75) is 38.3 Å². The van der Waals surface area contributed by atoms with E-state index in [0.29, 0.717) is 12.1 Å². The predicted molar refractivity (Wildman–Crippen MR) is 114 cm³/mol. The maximum atomic E-state index is 13.0. The van der Waals surface area contributed by atoms with Gasteiger partial charge in [-0.3, -0.25) is 19.4 Å². The van der Waals surface area contributed by atoms with Gasteiger partial charge in [-0.15, -0.1) is 0 Å². The van der Waals surface area contributed by atoms with Crippen molar-refractivity contribution in [3.63, 3.8) is 0 Å². The van der Waals surface area contributed by atoms with E-state index in [-0.39, 0.29) is 18.5 Å². The van der Waals surface area contributed by atoms with E-state index in [0.717, 1.165) is 42.2 Å². The number of likely N-dealkylation sites (tertiary alicyclic amines) is 1. The molecule has 2 aromatic rings. The van der Waals surface area contributed by atoms with E-state index in [4.69, 9.17) is 4.42 Å². The molecule has 2 atom stereocenters. The summed E-state index contributed by atoms with van der Waals surface area (Å²) in [6.07, 6.45) is 3.86. The quantitative estimate of drug-likeness (QED) is 0.665. The molecule has 0 radical (unpaired) electrons. The molecule has 0 saturated carbocycles. The van der Waals surface area contributed by atoms with Crippen LogP contribution in [0.2, 0.25) is 0 Å². The molecule has 2 aliphatic rings. The van der Waals surface area contributed by atoms with Crippen molar-refractivity contribution >= 4 is 17.8 Å². The monoisotopic (exact) mass is 424 g/mol. The Morgan fingerprint density at radius 2 is 1.90 bits per heavy atom. The minimum absolute atomic E-state index is 0.0672. The van der Waals surface area contributed by atoms with Gasteiger partial charge in [0, 0.05) is 6.54 Å². The Morgan fingerprint density at radius 3 is 2.55 bits per heavy atom. The normalized spacial score (nSPS) is 22.6. The van der Waals surface area contributed by atoms with Crippen molar-refractivity contribution in [1.29, 1.82) is 0 Å². The molecule has 1 aromatic heterocycles. The van der Waals surface area contributed by atoms with Gasteiger partial charge < -0.3 is 15.1 Å². The summed E-state index contributed by atoms with van der Waals surface area (Å²) >= 11 is 0. The summed E-state index contributed by atoms with van der Waals surface area (Å²) in [5.74, 6) is -0.0184. The number of furan rings is 1. The number of aryl methyl sites for hydroxylation is 1. The van der Waals surface area contributed by atoms with Crippen molar-refractivity contribution in [3.8, 4) is 0 Å². The molecular formula is C23H28N4O4. The van der Waals surface area contributed by atoms with Gasteiger partial charge in [0.05, 0.1) is 12.3 Å². The molecule has 2 aliphatic heterocycles. The smallest absolute Gasteiger partial charge is 0.325 e. The lowest BCUT2D eigenvalue weighted by molar-refractivity contribution is -0.134. The lowest BCUT2D eigenvalue weighted by Gasteiger charge is -2.26. The van der Waals surface area contributed by atoms with Gasteiger partial charge in [-0.25, -0.2) is 4.79 Å². The standard InChI is InChI=1S/C23H28N4O4/c1-16-7-9-17(10-8-16)23(2)21(29)27(22(30)25-23)15-20(28)24-14-18(19-6-5-13-31-19)26-11-3-4-12-26/h5-10,13,18H,3-4,11-12,14-15H2,1-2H3,(H,24,28)(H,25,30). The first-order valence-corrected chi connectivity index (χ1v) is 10.6. The van der Waals surface area contributed by atoms with E-state index in [1.807, 2.05) is 43.3 Å². The fourth-order valence-corrected chi connectivity index (χ4v) is 4.28. The molecule has 0 spiro atoms. The van der Waals surface area contributed by atoms with E-state index < -0.39 is 17.5 Å². The second-order valence-corrected chi connectivity index (χ2v) is 8.39. The van der Waals surface area contributed by atoms with Crippen molar-refractivity contribution in [1.82, 2.24) is 20.4 Å². The van der Waals surface area contributed by atoms with Gasteiger partial charge in [0.25, 0.3) is 5.91 Å². The van der Waals surface area contributed by atoms with Gasteiger partial charge in [0.2, 0.25) is 5.91 Å². The number of amides is 4. The summed E-state index contributed by atoms with van der Waals surface area (Å²) in [4.78, 5) is 41.4. The van der Waals surface area contributed by atoms with Crippen LogP contribution < -0.4 is 10.6 Å². The molecule has 4 amide bonds. The second-order valence-electron chi connectivity index (χ2n) is 8.39. The first-order valence-electron chi connectivity index (χ1n) is 10.6. The fraction of sp³-hybridized carbons (Fsp3) is 0.435. The first-order chi connectivity index (χ1) is 14.9. The van der Waals surface area contributed by atoms with Crippen LogP contribution >= 0.6 is 0 Å². The molecule has 0 aliphatic carbocycles. The maximum Gasteiger partial charge on any atom is 0.325 e. The largest absolute Gasteiger partial charge is 0.468 e. The van der Waals surface area contributed by atoms with Crippen LogP contribution in [0.5, 0.6) is 0 Å². The van der Waals surface area contributed by atoms with Crippen LogP contribution in [0.1, 0.15) is 42.7 Å². The SMILES string of the molecule is Cc1ccc(C2(C)NC(=O)N(CC(=O)NCC(c3ccco3)N3CCCC3)C2=O)cc1. The lowest BCUT2D eigenvalue weighted by atomic mass is 9.91. The molecule has 164 valence electrons. The molecule has 2 unspecified atom stereocenters. The first kappa shape index (κ1) is 21.1. The molecule has 4 rings (SSSR count). The zero-order valence-electron chi connectivity index (χ0n) is 17.9. The summed E-state index contributed by atoms with van der Waals surface area (Å²) in [5, 5.41) is 5.61. The van der Waals surface area contributed by atoms with Crippen LogP contribution in [-0.2, 0) is 15.1 Å². The number of hydrogen-bond donors (Lipinski definition) is 2. The highest BCUT2D eigenvalue weighted by Gasteiger charge is 2.49. The Labute approximate surface area is 181 Å². The Kier molecular flexibility index (Phi) is 5.82. The predicted octanol–water partition coefficient (Wildman–Crippen LogP) is 2.31. The van der Waals surface area contributed by atoms with Crippen LogP contribution in [0.15, 0.2) is 47.1 Å². The average Bonchev–Trinajstić information content (AvgIpc) is 3.50. The third kappa shape index (κ3) is 4.20. The second kappa shape index (κ2) is 8.55. The molecule has 2 N–H and O–H groups in total. The minimum Gasteiger partial charge on any atom is -0.468 e. The topological polar surface area (TPSA) is 94.9 Å². The van der Waals surface area contributed by atoms with Crippen LogP contribution in [0, 0.1) is 6.92 Å². The van der Waals surface area contributed by atoms with Crippen molar-refractivity contribution < 1.29 is 18.8 Å². The van der Waals surface area contributed by atoms with E-state index in [9.17, 15) is 14.4 Å². The average molecular weight is 425 g/mol. The summed E-state index contributed by atoms with van der Waals surface area (Å²) in [6, 6.07) is 10.5. The lowest BCUT2D eigenvalue weighted by Crippen LogP contribution is -2.44. The number of carbonyl (C=O) groups excluding carboxylic acids is 3. The number of imide groups is 1. The molecule has 0 bridgehead atoms. The number of urea groups is 1. The Morgan fingerprint density at radius 1 is 1.19 bits per heavy atom. The van der Waals surface area contributed by atoms with Crippen molar-refractivity contribution in [3.05, 3.63) is 59.5 Å². The highest BCUT2D eigenvalue weighted by Crippen LogP contribution is 2.29. The minimum atomic E-state index is -1.18. The van der Waals surface area contributed by atoms with Crippen LogP contribution in [-0.4, -0.2) is 53.8 Å². The van der Waals surface area contributed by atoms with Gasteiger partial charge in [-0.1, -0.05) is 29.8 Å². The molecule has 2 saturated heterocycles. The molecule has 3 heterocycles. The van der Waals surface area contributed by atoms with Gasteiger partial charge in [-0.05, 0) is 57.5 Å². The number of nitrogens with one attached hydrogen (secondary N) is 2. The van der Waals surface area contributed by atoms with Crippen molar-refractivity contribution in [2.75, 3.05) is 26.2 Å².